The Balaban J connectivity index is 0.814. The van der Waals surface area contributed by atoms with Gasteiger partial charge in [0.2, 0.25) is 11.8 Å². The lowest BCUT2D eigenvalue weighted by molar-refractivity contribution is -0.155. The Bertz CT molecular complexity index is 2920. The van der Waals surface area contributed by atoms with Crippen molar-refractivity contribution in [3.63, 3.8) is 0 Å². The third-order valence-corrected chi connectivity index (χ3v) is 20.6. The minimum absolute atomic E-state index is 0.0223. The van der Waals surface area contributed by atoms with Crippen LogP contribution >= 0.6 is 0 Å². The molecular formula is C63H89N11O7. The number of hydrazine groups is 1. The number of hydrogen-bond acceptors (Lipinski definition) is 14. The number of rotatable bonds is 11. The molecule has 10 heterocycles. The standard InChI is InChI=1S/C63H89N11O7/c1-6-73-52-18-17-43-29-47(52)49(57(73)48-30-45(32-64-53(48)40(2)79-5)70-26-25-69-27-28-80-36-46(69)34-70)31-62(3,4)39-81-61(78)50-14-10-22-74(67-50)59(76)51(35-68-21-9-13-44(43)33-68)65-58(75)56(42-11-7-8-12-42)71-23-19-63(37-71)20-24-72(38-63)60(77)55-54(66-55)41-15-16-41/h13,17-18,29-30,32,40-42,46,50-51,54-56,66-67H,6-12,14-16,19-28,31,33-39H2,1-5H3,(H,65,75)/t40-,46-,50-,51-,54+,55+,56-,63-/m0/s1. The van der Waals surface area contributed by atoms with Crippen molar-refractivity contribution < 1.29 is 33.4 Å². The second kappa shape index (κ2) is 22.6. The Morgan fingerprint density at radius 1 is 0.951 bits per heavy atom. The van der Waals surface area contributed by atoms with E-state index in [0.29, 0.717) is 56.9 Å². The topological polar surface area (TPSA) is 179 Å². The SMILES string of the molecule is CCn1c(-c2cc(N3CCN4CCOC[C@@H]4C3)cnc2[C@H](C)OC)c2c3cc(ccc31)C1=CCCN(C1)C[C@H](NC(=O)[C@H](C1CCCC1)N1CC[C@]3(CCN(C(=O)[C@@H]4N[C@@H]4C4CC4)C3)C1)C(=O)N1CCC[C@H](N1)C(=O)OCC(C)(C)C2. The number of aromatic nitrogens is 2. The molecule has 6 bridgehead atoms. The number of aryl methyl sites for hydroxylation is 1. The summed E-state index contributed by atoms with van der Waals surface area (Å²) >= 11 is 0. The molecule has 2 aromatic heterocycles. The number of likely N-dealkylation sites (tertiary alicyclic amines) is 2. The van der Waals surface area contributed by atoms with Crippen LogP contribution < -0.4 is 21.0 Å². The molecule has 438 valence electrons. The fourth-order valence-corrected chi connectivity index (χ4v) is 15.8. The number of carbonyl (C=O) groups is 4. The normalized spacial score (nSPS) is 31.2. The van der Waals surface area contributed by atoms with Gasteiger partial charge in [-0.05, 0) is 131 Å². The van der Waals surface area contributed by atoms with Gasteiger partial charge in [0.1, 0.15) is 18.1 Å². The average Bonchev–Trinajstić information content (AvgIpc) is 4.44. The van der Waals surface area contributed by atoms with E-state index in [1.54, 1.807) is 12.1 Å². The van der Waals surface area contributed by atoms with Crippen LogP contribution in [0.4, 0.5) is 5.69 Å². The number of amides is 3. The molecule has 8 fully saturated rings. The number of piperazine rings is 1. The second-order valence-corrected chi connectivity index (χ2v) is 26.8. The molecule has 0 radical (unpaired) electrons. The van der Waals surface area contributed by atoms with Gasteiger partial charge in [0.05, 0.1) is 61.3 Å². The van der Waals surface area contributed by atoms with Crippen LogP contribution in [0.3, 0.4) is 0 Å². The van der Waals surface area contributed by atoms with Gasteiger partial charge in [0.15, 0.2) is 0 Å². The maximum atomic E-state index is 15.3. The Morgan fingerprint density at radius 3 is 2.60 bits per heavy atom. The fraction of sp³-hybridized carbons (Fsp3) is 0.698. The molecule has 18 heteroatoms. The summed E-state index contributed by atoms with van der Waals surface area (Å²) in [4.78, 5) is 75.7. The molecule has 3 amide bonds. The summed E-state index contributed by atoms with van der Waals surface area (Å²) in [6.07, 6.45) is 15.2. The van der Waals surface area contributed by atoms with Crippen molar-refractivity contribution in [3.05, 3.63) is 53.4 Å². The van der Waals surface area contributed by atoms with E-state index in [4.69, 9.17) is 19.2 Å². The van der Waals surface area contributed by atoms with Gasteiger partial charge in [-0.25, -0.2) is 5.43 Å². The molecule has 1 spiro atoms. The molecule has 3 N–H and O–H groups in total. The fourth-order valence-electron chi connectivity index (χ4n) is 15.8. The minimum atomic E-state index is -0.856. The van der Waals surface area contributed by atoms with E-state index in [9.17, 15) is 9.59 Å². The quantitative estimate of drug-likeness (QED) is 0.165. The average molecular weight is 1110 g/mol. The lowest BCUT2D eigenvalue weighted by Crippen LogP contribution is -2.63. The molecular weight excluding hydrogens is 1020 g/mol. The number of fused-ring (bicyclic) bond motifs is 7. The molecule has 3 aromatic rings. The number of anilines is 1. The summed E-state index contributed by atoms with van der Waals surface area (Å²) < 4.78 is 20.8. The number of hydrogen-bond donors (Lipinski definition) is 3. The van der Waals surface area contributed by atoms with Gasteiger partial charge in [-0.15, -0.1) is 0 Å². The summed E-state index contributed by atoms with van der Waals surface area (Å²) in [7, 11) is 1.75. The molecule has 2 aliphatic carbocycles. The first kappa shape index (κ1) is 55.3. The first-order valence-corrected chi connectivity index (χ1v) is 31.3. The molecule has 81 heavy (non-hydrogen) atoms. The zero-order chi connectivity index (χ0) is 55.7. The second-order valence-electron chi connectivity index (χ2n) is 26.8. The van der Waals surface area contributed by atoms with Crippen LogP contribution in [0.1, 0.15) is 121 Å². The van der Waals surface area contributed by atoms with E-state index >= 15 is 9.59 Å². The monoisotopic (exact) mass is 1110 g/mol. The Morgan fingerprint density at radius 2 is 1.79 bits per heavy atom. The first-order valence-electron chi connectivity index (χ1n) is 31.3. The highest BCUT2D eigenvalue weighted by Gasteiger charge is 2.55. The Labute approximate surface area is 478 Å². The van der Waals surface area contributed by atoms with Crippen LogP contribution in [0.15, 0.2) is 36.5 Å². The van der Waals surface area contributed by atoms with E-state index in [1.807, 2.05) is 6.20 Å². The van der Waals surface area contributed by atoms with E-state index in [1.165, 1.54) is 24.0 Å². The van der Waals surface area contributed by atoms with Crippen molar-refractivity contribution in [3.8, 4) is 11.3 Å². The molecule has 1 aromatic carbocycles. The van der Waals surface area contributed by atoms with Gasteiger partial charge >= 0.3 is 5.97 Å². The highest BCUT2D eigenvalue weighted by Crippen LogP contribution is 2.46. The van der Waals surface area contributed by atoms with E-state index < -0.39 is 17.5 Å². The van der Waals surface area contributed by atoms with Crippen molar-refractivity contribution >= 4 is 45.9 Å². The van der Waals surface area contributed by atoms with E-state index in [-0.39, 0.29) is 59.8 Å². The van der Waals surface area contributed by atoms with Gasteiger partial charge in [-0.1, -0.05) is 38.8 Å². The Kier molecular flexibility index (Phi) is 15.4. The number of ether oxygens (including phenoxy) is 3. The summed E-state index contributed by atoms with van der Waals surface area (Å²) in [5.74, 6) is 0.427. The smallest absolute Gasteiger partial charge is 0.324 e. The van der Waals surface area contributed by atoms with Crippen molar-refractivity contribution in [2.45, 2.75) is 154 Å². The zero-order valence-electron chi connectivity index (χ0n) is 48.9. The molecule has 6 saturated heterocycles. The van der Waals surface area contributed by atoms with Gasteiger partial charge in [0.25, 0.3) is 5.91 Å². The summed E-state index contributed by atoms with van der Waals surface area (Å²) in [5, 5.41) is 9.67. The van der Waals surface area contributed by atoms with Gasteiger partial charge in [-0.3, -0.25) is 49.2 Å². The number of benzene rings is 1. The van der Waals surface area contributed by atoms with Crippen molar-refractivity contribution in [1.29, 1.82) is 0 Å². The number of nitrogens with zero attached hydrogens (tertiary/aromatic N) is 8. The maximum absolute atomic E-state index is 15.3. The third-order valence-electron chi connectivity index (χ3n) is 20.6. The van der Waals surface area contributed by atoms with Crippen LogP contribution in [-0.4, -0.2) is 200 Å². The third kappa shape index (κ3) is 11.1. The highest BCUT2D eigenvalue weighted by atomic mass is 16.5. The highest BCUT2D eigenvalue weighted by molar-refractivity contribution is 5.95. The molecule has 10 aliphatic rings. The number of methoxy groups -OCH3 is 1. The molecule has 1 unspecified atom stereocenters. The summed E-state index contributed by atoms with van der Waals surface area (Å²) in [6.45, 7) is 20.0. The molecule has 2 saturated carbocycles. The lowest BCUT2D eigenvalue weighted by atomic mass is 9.84. The largest absolute Gasteiger partial charge is 0.464 e. The Hall–Kier alpha value is -4.95. The number of pyridine rings is 1. The van der Waals surface area contributed by atoms with Gasteiger partial charge in [-0.2, -0.15) is 0 Å². The van der Waals surface area contributed by atoms with Gasteiger partial charge in [0, 0.05) is 119 Å². The molecule has 13 rings (SSSR count). The number of morpholine rings is 1. The molecule has 8 aliphatic heterocycles. The summed E-state index contributed by atoms with van der Waals surface area (Å²) in [6, 6.07) is 7.97. The zero-order valence-corrected chi connectivity index (χ0v) is 48.9. The van der Waals surface area contributed by atoms with Crippen LogP contribution in [0.25, 0.3) is 27.7 Å². The molecule has 9 atom stereocenters. The van der Waals surface area contributed by atoms with E-state index in [0.717, 1.165) is 163 Å². The minimum Gasteiger partial charge on any atom is -0.464 e. The lowest BCUT2D eigenvalue weighted by Gasteiger charge is -2.44. The van der Waals surface area contributed by atoms with Crippen LogP contribution in [-0.2, 0) is 46.4 Å². The summed E-state index contributed by atoms with van der Waals surface area (Å²) in [5.41, 5.74) is 11.6. The van der Waals surface area contributed by atoms with Gasteiger partial charge < -0.3 is 33.9 Å². The molecule has 18 nitrogen and oxygen atoms in total. The van der Waals surface area contributed by atoms with Crippen molar-refractivity contribution in [2.75, 3.05) is 110 Å². The predicted molar refractivity (Wildman–Crippen MR) is 311 cm³/mol. The maximum Gasteiger partial charge on any atom is 0.324 e. The van der Waals surface area contributed by atoms with Crippen LogP contribution in [0, 0.1) is 22.7 Å². The number of esters is 1. The first-order chi connectivity index (χ1) is 39.3. The number of nitrogens with one attached hydrogen (secondary N) is 3. The predicted octanol–water partition coefficient (Wildman–Crippen LogP) is 5.38. The van der Waals surface area contributed by atoms with E-state index in [2.05, 4.69) is 103 Å². The van der Waals surface area contributed by atoms with Crippen molar-refractivity contribution in [2.24, 2.45) is 22.7 Å². The number of cyclic esters (lactones) is 1. The van der Waals surface area contributed by atoms with Crippen molar-refractivity contribution in [1.82, 2.24) is 50.2 Å². The van der Waals surface area contributed by atoms with Crippen LogP contribution in [0.2, 0.25) is 0 Å². The van der Waals surface area contributed by atoms with Crippen LogP contribution in [0.5, 0.6) is 0 Å². The number of carbonyl (C=O) groups excluding carboxylic acids is 4.